The van der Waals surface area contributed by atoms with Crippen molar-refractivity contribution in [2.75, 3.05) is 0 Å². The molecule has 27 heavy (non-hydrogen) atoms. The molecule has 2 aromatic carbocycles. The zero-order valence-corrected chi connectivity index (χ0v) is 14.2. The molecular weight excluding hydrogens is 377 g/mol. The number of aromatic nitrogens is 2. The number of hydrogen-bond acceptors (Lipinski definition) is 5. The van der Waals surface area contributed by atoms with Crippen molar-refractivity contribution >= 4 is 45.6 Å². The topological polar surface area (TPSA) is 67.2 Å². The number of nitrogens with zero attached hydrogens (tertiary/aromatic N) is 3. The maximum Gasteiger partial charge on any atom is 0.289 e. The molecule has 9 heteroatoms. The predicted octanol–water partition coefficient (Wildman–Crippen LogP) is 4.57. The fourth-order valence-electron chi connectivity index (χ4n) is 2.52. The lowest BCUT2D eigenvalue weighted by atomic mass is 10.1. The molecule has 1 aliphatic heterocycles. The number of nitrogens with one attached hydrogen (secondary N) is 1. The summed E-state index contributed by atoms with van der Waals surface area (Å²) in [6.07, 6.45) is 4.79. The first-order valence-electron chi connectivity index (χ1n) is 7.65. The van der Waals surface area contributed by atoms with Crippen molar-refractivity contribution in [3.63, 3.8) is 0 Å². The van der Waals surface area contributed by atoms with Gasteiger partial charge in [0.1, 0.15) is 5.84 Å². The molecule has 0 aliphatic carbocycles. The smallest absolute Gasteiger partial charge is 0.289 e. The molecular formula is C18H9F3N4OS. The van der Waals surface area contributed by atoms with Crippen molar-refractivity contribution in [3.05, 3.63) is 70.6 Å². The summed E-state index contributed by atoms with van der Waals surface area (Å²) >= 11 is 0.878. The first-order chi connectivity index (χ1) is 13.0. The molecule has 0 unspecified atom stereocenters. The summed E-state index contributed by atoms with van der Waals surface area (Å²) in [4.78, 5) is 24.8. The number of hydrogen-bond donors (Lipinski definition) is 1. The van der Waals surface area contributed by atoms with E-state index in [-0.39, 0.29) is 11.5 Å². The number of amides is 1. The first kappa shape index (κ1) is 17.2. The van der Waals surface area contributed by atoms with Gasteiger partial charge in [0, 0.05) is 30.1 Å². The molecule has 5 nitrogen and oxygen atoms in total. The van der Waals surface area contributed by atoms with Crippen LogP contribution in [0, 0.1) is 17.5 Å². The van der Waals surface area contributed by atoms with Gasteiger partial charge >= 0.3 is 0 Å². The molecule has 0 bridgehead atoms. The van der Waals surface area contributed by atoms with E-state index in [1.165, 1.54) is 0 Å². The predicted molar refractivity (Wildman–Crippen MR) is 97.0 cm³/mol. The number of carbonyl (C=O) groups excluding carboxylic acids is 1. The Morgan fingerprint density at radius 2 is 1.81 bits per heavy atom. The molecule has 134 valence electrons. The van der Waals surface area contributed by atoms with Crippen LogP contribution in [0.2, 0.25) is 0 Å². The zero-order chi connectivity index (χ0) is 19.0. The number of rotatable bonds is 2. The minimum atomic E-state index is -1.58. The number of benzene rings is 2. The van der Waals surface area contributed by atoms with Gasteiger partial charge in [0.15, 0.2) is 17.5 Å². The van der Waals surface area contributed by atoms with Crippen LogP contribution in [0.3, 0.4) is 0 Å². The Labute approximate surface area is 155 Å². The Bertz CT molecular complexity index is 1120. The van der Waals surface area contributed by atoms with E-state index in [1.54, 1.807) is 36.7 Å². The SMILES string of the molecule is O=C1NC(=Nc2cc(F)c(F)c(F)c2)/C(=C/c2cccc3nccnc23)S1. The van der Waals surface area contributed by atoms with Crippen LogP contribution >= 0.6 is 11.8 Å². The van der Waals surface area contributed by atoms with Gasteiger partial charge in [-0.3, -0.25) is 14.8 Å². The molecule has 0 atom stereocenters. The quantitative estimate of drug-likeness (QED) is 0.655. The fraction of sp³-hybridized carbons (Fsp3) is 0. The van der Waals surface area contributed by atoms with E-state index >= 15 is 0 Å². The molecule has 1 aliphatic rings. The minimum absolute atomic E-state index is 0.108. The lowest BCUT2D eigenvalue weighted by Crippen LogP contribution is -2.18. The Kier molecular flexibility index (Phi) is 4.36. The second-order valence-corrected chi connectivity index (χ2v) is 6.49. The highest BCUT2D eigenvalue weighted by molar-refractivity contribution is 8.18. The summed E-state index contributed by atoms with van der Waals surface area (Å²) in [5, 5.41) is 2.11. The Morgan fingerprint density at radius 1 is 1.07 bits per heavy atom. The third-order valence-electron chi connectivity index (χ3n) is 3.68. The first-order valence-corrected chi connectivity index (χ1v) is 8.47. The maximum atomic E-state index is 13.4. The highest BCUT2D eigenvalue weighted by Gasteiger charge is 2.24. The molecule has 4 rings (SSSR count). The van der Waals surface area contributed by atoms with Gasteiger partial charge in [-0.15, -0.1) is 0 Å². The molecule has 1 amide bonds. The van der Waals surface area contributed by atoms with Gasteiger partial charge in [-0.1, -0.05) is 12.1 Å². The number of aliphatic imine (C=N–C) groups is 1. The van der Waals surface area contributed by atoms with Gasteiger partial charge in [-0.25, -0.2) is 18.2 Å². The van der Waals surface area contributed by atoms with E-state index in [2.05, 4.69) is 20.3 Å². The molecule has 0 saturated carbocycles. The van der Waals surface area contributed by atoms with Gasteiger partial charge in [-0.05, 0) is 23.9 Å². The van der Waals surface area contributed by atoms with Crippen LogP contribution in [0.4, 0.5) is 23.7 Å². The van der Waals surface area contributed by atoms with Crippen molar-refractivity contribution in [1.82, 2.24) is 15.3 Å². The lowest BCUT2D eigenvalue weighted by molar-refractivity contribution is 0.265. The fourth-order valence-corrected chi connectivity index (χ4v) is 3.25. The summed E-state index contributed by atoms with van der Waals surface area (Å²) < 4.78 is 39.9. The number of thioether (sulfide) groups is 1. The van der Waals surface area contributed by atoms with Gasteiger partial charge in [0.05, 0.1) is 21.6 Å². The molecule has 3 aromatic rings. The molecule has 0 radical (unpaired) electrons. The van der Waals surface area contributed by atoms with Crippen molar-refractivity contribution in [1.29, 1.82) is 0 Å². The minimum Gasteiger partial charge on any atom is -0.300 e. The van der Waals surface area contributed by atoms with Crippen molar-refractivity contribution in [2.45, 2.75) is 0 Å². The van der Waals surface area contributed by atoms with E-state index in [9.17, 15) is 18.0 Å². The van der Waals surface area contributed by atoms with Crippen LogP contribution < -0.4 is 5.32 Å². The average Bonchev–Trinajstić information content (AvgIpc) is 2.99. The third kappa shape index (κ3) is 3.41. The van der Waals surface area contributed by atoms with E-state index < -0.39 is 22.7 Å². The van der Waals surface area contributed by atoms with Crippen LogP contribution in [-0.4, -0.2) is 21.0 Å². The monoisotopic (exact) mass is 386 g/mol. The van der Waals surface area contributed by atoms with Crippen LogP contribution in [0.1, 0.15) is 5.56 Å². The van der Waals surface area contributed by atoms with E-state index in [1.807, 2.05) is 0 Å². The average molecular weight is 386 g/mol. The summed E-state index contributed by atoms with van der Waals surface area (Å²) in [6.45, 7) is 0. The molecule has 1 aromatic heterocycles. The summed E-state index contributed by atoms with van der Waals surface area (Å²) in [5.41, 5.74) is 1.84. The lowest BCUT2D eigenvalue weighted by Gasteiger charge is -2.03. The second kappa shape index (κ2) is 6.84. The van der Waals surface area contributed by atoms with Crippen LogP contribution in [0.15, 0.2) is 52.6 Å². The molecule has 1 fully saturated rings. The van der Waals surface area contributed by atoms with Gasteiger partial charge in [0.25, 0.3) is 5.24 Å². The normalized spacial score (nSPS) is 17.1. The van der Waals surface area contributed by atoms with Gasteiger partial charge in [-0.2, -0.15) is 0 Å². The van der Waals surface area contributed by atoms with Crippen LogP contribution in [0.5, 0.6) is 0 Å². The summed E-state index contributed by atoms with van der Waals surface area (Å²) in [7, 11) is 0. The van der Waals surface area contributed by atoms with E-state index in [0.29, 0.717) is 21.5 Å². The zero-order valence-electron chi connectivity index (χ0n) is 13.4. The van der Waals surface area contributed by atoms with E-state index in [0.717, 1.165) is 23.9 Å². The maximum absolute atomic E-state index is 13.4. The highest BCUT2D eigenvalue weighted by Crippen LogP contribution is 2.30. The van der Waals surface area contributed by atoms with Crippen molar-refractivity contribution < 1.29 is 18.0 Å². The molecule has 2 heterocycles. The third-order valence-corrected chi connectivity index (χ3v) is 4.50. The summed E-state index contributed by atoms with van der Waals surface area (Å²) in [5.74, 6) is -4.19. The second-order valence-electron chi connectivity index (χ2n) is 5.48. The standard InChI is InChI=1S/C18H9F3N4OS/c19-11-7-10(8-12(20)15(11)21)24-17-14(27-18(26)25-17)6-9-2-1-3-13-16(9)23-5-4-22-13/h1-8H,(H,24,25,26)/b14-6-. The van der Waals surface area contributed by atoms with Crippen molar-refractivity contribution in [2.24, 2.45) is 4.99 Å². The van der Waals surface area contributed by atoms with Gasteiger partial charge < -0.3 is 5.32 Å². The number of para-hydroxylation sites is 1. The Morgan fingerprint density at radius 3 is 2.59 bits per heavy atom. The van der Waals surface area contributed by atoms with E-state index in [4.69, 9.17) is 0 Å². The van der Waals surface area contributed by atoms with Gasteiger partial charge in [0.2, 0.25) is 0 Å². The highest BCUT2D eigenvalue weighted by atomic mass is 32.2. The number of fused-ring (bicyclic) bond motifs is 1. The largest absolute Gasteiger partial charge is 0.300 e. The Balaban J connectivity index is 1.79. The molecule has 1 N–H and O–H groups in total. The number of amidine groups is 1. The van der Waals surface area contributed by atoms with Crippen LogP contribution in [-0.2, 0) is 0 Å². The molecule has 0 spiro atoms. The molecule has 1 saturated heterocycles. The summed E-state index contributed by atoms with van der Waals surface area (Å²) in [6, 6.07) is 6.89. The number of halogens is 3. The number of carbonyl (C=O) groups is 1. The van der Waals surface area contributed by atoms with Crippen LogP contribution in [0.25, 0.3) is 17.1 Å². The van der Waals surface area contributed by atoms with Crippen molar-refractivity contribution in [3.8, 4) is 0 Å². The Hall–Kier alpha value is -3.20.